The molecule has 0 aliphatic heterocycles. The standard InChI is InChI=1S/C16H11BrF3N3O2S/c17-12-9-23(8-10-3-1-2-4-13(10)19)21-16(12)22-26(24,25)15-7-11(18)5-6-14(15)20/h1-7,9H,8H2,(H,21,22). The van der Waals surface area contributed by atoms with Gasteiger partial charge in [0.1, 0.15) is 22.3 Å². The molecule has 0 atom stereocenters. The topological polar surface area (TPSA) is 64.0 Å². The van der Waals surface area contributed by atoms with E-state index >= 15 is 0 Å². The van der Waals surface area contributed by atoms with E-state index in [1.807, 2.05) is 0 Å². The summed E-state index contributed by atoms with van der Waals surface area (Å²) in [6.07, 6.45) is 1.44. The van der Waals surface area contributed by atoms with Crippen LogP contribution in [0.1, 0.15) is 5.56 Å². The number of hydrogen-bond acceptors (Lipinski definition) is 3. The first kappa shape index (κ1) is 18.5. The largest absolute Gasteiger partial charge is 0.266 e. The Morgan fingerprint density at radius 2 is 1.81 bits per heavy atom. The number of nitrogens with one attached hydrogen (secondary N) is 1. The lowest BCUT2D eigenvalue weighted by molar-refractivity contribution is 0.555. The van der Waals surface area contributed by atoms with Crippen LogP contribution < -0.4 is 4.72 Å². The number of aromatic nitrogens is 2. The number of anilines is 1. The van der Waals surface area contributed by atoms with E-state index < -0.39 is 32.4 Å². The third-order valence-electron chi connectivity index (χ3n) is 3.42. The van der Waals surface area contributed by atoms with Crippen LogP contribution in [0.2, 0.25) is 0 Å². The third kappa shape index (κ3) is 3.91. The summed E-state index contributed by atoms with van der Waals surface area (Å²) in [6.45, 7) is 0.0569. The van der Waals surface area contributed by atoms with Crippen LogP contribution in [0.4, 0.5) is 19.0 Å². The lowest BCUT2D eigenvalue weighted by Crippen LogP contribution is -2.16. The van der Waals surface area contributed by atoms with Gasteiger partial charge >= 0.3 is 0 Å². The molecule has 0 amide bonds. The molecular formula is C16H11BrF3N3O2S. The highest BCUT2D eigenvalue weighted by atomic mass is 79.9. The lowest BCUT2D eigenvalue weighted by atomic mass is 10.2. The average molecular weight is 446 g/mol. The lowest BCUT2D eigenvalue weighted by Gasteiger charge is -2.07. The van der Waals surface area contributed by atoms with E-state index in [0.717, 1.165) is 12.1 Å². The van der Waals surface area contributed by atoms with Crippen molar-refractivity contribution >= 4 is 31.8 Å². The van der Waals surface area contributed by atoms with E-state index in [0.29, 0.717) is 11.6 Å². The molecular weight excluding hydrogens is 435 g/mol. The molecule has 3 aromatic rings. The van der Waals surface area contributed by atoms with Gasteiger partial charge in [-0.05, 0) is 40.2 Å². The van der Waals surface area contributed by atoms with E-state index in [9.17, 15) is 21.6 Å². The second-order valence-electron chi connectivity index (χ2n) is 5.29. The van der Waals surface area contributed by atoms with Gasteiger partial charge in [-0.25, -0.2) is 21.6 Å². The molecule has 0 unspecified atom stereocenters. The summed E-state index contributed by atoms with van der Waals surface area (Å²) >= 11 is 3.14. The van der Waals surface area contributed by atoms with Gasteiger partial charge in [-0.2, -0.15) is 5.10 Å². The maximum Gasteiger partial charge on any atom is 0.266 e. The molecule has 0 bridgehead atoms. The highest BCUT2D eigenvalue weighted by Crippen LogP contribution is 2.25. The van der Waals surface area contributed by atoms with Crippen LogP contribution in [-0.2, 0) is 16.6 Å². The van der Waals surface area contributed by atoms with E-state index in [-0.39, 0.29) is 16.8 Å². The molecule has 136 valence electrons. The van der Waals surface area contributed by atoms with Gasteiger partial charge in [0.05, 0.1) is 11.0 Å². The summed E-state index contributed by atoms with van der Waals surface area (Å²) < 4.78 is 69.0. The zero-order chi connectivity index (χ0) is 18.9. The Bertz CT molecular complexity index is 1070. The number of benzene rings is 2. The highest BCUT2D eigenvalue weighted by Gasteiger charge is 2.22. The van der Waals surface area contributed by atoms with Gasteiger partial charge in [-0.15, -0.1) is 0 Å². The van der Waals surface area contributed by atoms with Crippen LogP contribution in [0.5, 0.6) is 0 Å². The number of hydrogen-bond donors (Lipinski definition) is 1. The van der Waals surface area contributed by atoms with E-state index in [1.165, 1.54) is 16.9 Å². The molecule has 0 saturated carbocycles. The van der Waals surface area contributed by atoms with Crippen molar-refractivity contribution in [1.82, 2.24) is 9.78 Å². The van der Waals surface area contributed by atoms with Gasteiger partial charge < -0.3 is 0 Å². The van der Waals surface area contributed by atoms with Crippen LogP contribution in [0.15, 0.2) is 58.0 Å². The van der Waals surface area contributed by atoms with Crippen molar-refractivity contribution in [3.63, 3.8) is 0 Å². The molecule has 0 aliphatic carbocycles. The SMILES string of the molecule is O=S(=O)(Nc1nn(Cc2ccccc2F)cc1Br)c1cc(F)ccc1F. The van der Waals surface area contributed by atoms with E-state index in [4.69, 9.17) is 0 Å². The minimum Gasteiger partial charge on any atom is -0.265 e. The first-order valence-electron chi connectivity index (χ1n) is 7.20. The quantitative estimate of drug-likeness (QED) is 0.647. The predicted molar refractivity (Wildman–Crippen MR) is 92.6 cm³/mol. The molecule has 2 aromatic carbocycles. The fourth-order valence-corrected chi connectivity index (χ4v) is 3.87. The van der Waals surface area contributed by atoms with Crippen molar-refractivity contribution in [1.29, 1.82) is 0 Å². The molecule has 0 radical (unpaired) electrons. The van der Waals surface area contributed by atoms with Gasteiger partial charge in [0.25, 0.3) is 10.0 Å². The van der Waals surface area contributed by atoms with Crippen LogP contribution in [0.3, 0.4) is 0 Å². The zero-order valence-corrected chi connectivity index (χ0v) is 15.4. The maximum absolute atomic E-state index is 13.7. The molecule has 0 spiro atoms. The predicted octanol–water partition coefficient (Wildman–Crippen LogP) is 3.91. The Morgan fingerprint density at radius 1 is 1.08 bits per heavy atom. The van der Waals surface area contributed by atoms with Crippen LogP contribution in [0.25, 0.3) is 0 Å². The summed E-state index contributed by atoms with van der Waals surface area (Å²) in [7, 11) is -4.40. The second kappa shape index (κ2) is 7.12. The molecule has 1 aromatic heterocycles. The van der Waals surface area contributed by atoms with Crippen molar-refractivity contribution < 1.29 is 21.6 Å². The molecule has 1 heterocycles. The molecule has 5 nitrogen and oxygen atoms in total. The van der Waals surface area contributed by atoms with Crippen molar-refractivity contribution in [2.75, 3.05) is 4.72 Å². The normalized spacial score (nSPS) is 11.5. The van der Waals surface area contributed by atoms with Gasteiger partial charge in [-0.1, -0.05) is 18.2 Å². The molecule has 3 rings (SSSR count). The number of rotatable bonds is 5. The van der Waals surface area contributed by atoms with Gasteiger partial charge in [-0.3, -0.25) is 9.40 Å². The molecule has 26 heavy (non-hydrogen) atoms. The number of sulfonamides is 1. The van der Waals surface area contributed by atoms with Gasteiger partial charge in [0.15, 0.2) is 5.82 Å². The first-order chi connectivity index (χ1) is 12.3. The van der Waals surface area contributed by atoms with Crippen molar-refractivity contribution in [2.45, 2.75) is 11.4 Å². The molecule has 1 N–H and O–H groups in total. The summed E-state index contributed by atoms with van der Waals surface area (Å²) in [5.74, 6) is -2.55. The van der Waals surface area contributed by atoms with E-state index in [2.05, 4.69) is 25.8 Å². The van der Waals surface area contributed by atoms with Gasteiger partial charge in [0.2, 0.25) is 0 Å². The van der Waals surface area contributed by atoms with E-state index in [1.54, 1.807) is 18.2 Å². The average Bonchev–Trinajstić information content (AvgIpc) is 2.90. The summed E-state index contributed by atoms with van der Waals surface area (Å²) in [5, 5.41) is 4.01. The van der Waals surface area contributed by atoms with Crippen LogP contribution >= 0.6 is 15.9 Å². The Balaban J connectivity index is 1.88. The highest BCUT2D eigenvalue weighted by molar-refractivity contribution is 9.10. The fourth-order valence-electron chi connectivity index (χ4n) is 2.21. The molecule has 0 aliphatic rings. The second-order valence-corrected chi connectivity index (χ2v) is 7.80. The van der Waals surface area contributed by atoms with Gasteiger partial charge in [0, 0.05) is 11.8 Å². The number of nitrogens with zero attached hydrogens (tertiary/aromatic N) is 2. The third-order valence-corrected chi connectivity index (χ3v) is 5.36. The minimum atomic E-state index is -4.40. The maximum atomic E-state index is 13.7. The van der Waals surface area contributed by atoms with Crippen molar-refractivity contribution in [2.24, 2.45) is 0 Å². The Hall–Kier alpha value is -2.33. The summed E-state index contributed by atoms with van der Waals surface area (Å²) in [6, 6.07) is 8.17. The molecule has 0 fully saturated rings. The smallest absolute Gasteiger partial charge is 0.265 e. The molecule has 0 saturated heterocycles. The van der Waals surface area contributed by atoms with Crippen molar-refractivity contribution in [3.05, 3.63) is 76.1 Å². The Labute approximate surface area is 155 Å². The first-order valence-corrected chi connectivity index (χ1v) is 9.48. The summed E-state index contributed by atoms with van der Waals surface area (Å²) in [4.78, 5) is -0.840. The Kier molecular flexibility index (Phi) is 5.05. The Morgan fingerprint density at radius 3 is 2.54 bits per heavy atom. The van der Waals surface area contributed by atoms with Crippen molar-refractivity contribution in [3.8, 4) is 0 Å². The zero-order valence-electron chi connectivity index (χ0n) is 13.0. The monoisotopic (exact) mass is 445 g/mol. The summed E-state index contributed by atoms with van der Waals surface area (Å²) in [5.41, 5.74) is 0.355. The van der Waals surface area contributed by atoms with Crippen LogP contribution in [-0.4, -0.2) is 18.2 Å². The molecule has 10 heteroatoms. The number of halogens is 4. The minimum absolute atomic E-state index is 0.0569. The van der Waals surface area contributed by atoms with Crippen LogP contribution in [0, 0.1) is 17.5 Å². The fraction of sp³-hybridized carbons (Fsp3) is 0.0625.